The molecule has 1 aromatic rings. The predicted molar refractivity (Wildman–Crippen MR) is 116 cm³/mol. The predicted octanol–water partition coefficient (Wildman–Crippen LogP) is 0.424. The number of hydrogen-bond donors (Lipinski definition) is 2. The van der Waals surface area contributed by atoms with E-state index in [0.717, 1.165) is 5.69 Å². The topological polar surface area (TPSA) is 94.9 Å². The molecule has 1 aliphatic heterocycles. The number of carbonyl (C=O) groups is 2. The maximum atomic E-state index is 12.6. The number of aliphatic imine (C=N–C) groups is 1. The minimum absolute atomic E-state index is 0. The van der Waals surface area contributed by atoms with E-state index in [0.29, 0.717) is 32.1 Å². The molecule has 2 rings (SSSR count). The summed E-state index contributed by atoms with van der Waals surface area (Å²) in [7, 11) is 3.45. The van der Waals surface area contributed by atoms with Gasteiger partial charge in [0.05, 0.1) is 23.8 Å². The van der Waals surface area contributed by atoms with Gasteiger partial charge in [-0.15, -0.1) is 24.0 Å². The second kappa shape index (κ2) is 9.90. The minimum Gasteiger partial charge on any atom is -0.359 e. The number of rotatable bonds is 5. The first-order chi connectivity index (χ1) is 12.3. The number of carbonyl (C=O) groups excluding carboxylic acids is 2. The number of guanidine groups is 1. The van der Waals surface area contributed by atoms with E-state index in [1.54, 1.807) is 22.8 Å². The van der Waals surface area contributed by atoms with Crippen molar-refractivity contribution < 1.29 is 9.59 Å². The van der Waals surface area contributed by atoms with E-state index < -0.39 is 5.41 Å². The van der Waals surface area contributed by atoms with E-state index in [4.69, 9.17) is 0 Å². The molecule has 1 aromatic heterocycles. The Morgan fingerprint density at radius 1 is 1.37 bits per heavy atom. The van der Waals surface area contributed by atoms with Crippen molar-refractivity contribution in [1.29, 1.82) is 0 Å². The number of hydrogen-bond acceptors (Lipinski definition) is 4. The molecule has 2 heterocycles. The first-order valence-corrected chi connectivity index (χ1v) is 8.83. The van der Waals surface area contributed by atoms with E-state index in [1.165, 1.54) is 0 Å². The van der Waals surface area contributed by atoms with Gasteiger partial charge in [0.2, 0.25) is 11.8 Å². The zero-order valence-corrected chi connectivity index (χ0v) is 19.0. The Kier molecular flexibility index (Phi) is 8.51. The van der Waals surface area contributed by atoms with Crippen LogP contribution in [0, 0.1) is 5.41 Å². The van der Waals surface area contributed by atoms with Crippen molar-refractivity contribution in [2.75, 3.05) is 44.7 Å². The fourth-order valence-corrected chi connectivity index (χ4v) is 2.78. The number of nitrogens with one attached hydrogen (secondary N) is 2. The van der Waals surface area contributed by atoms with Gasteiger partial charge < -0.3 is 20.4 Å². The van der Waals surface area contributed by atoms with Crippen molar-refractivity contribution in [2.24, 2.45) is 17.5 Å². The normalized spacial score (nSPS) is 15.4. The van der Waals surface area contributed by atoms with Crippen LogP contribution in [0.5, 0.6) is 0 Å². The summed E-state index contributed by atoms with van der Waals surface area (Å²) in [4.78, 5) is 32.8. The molecule has 0 atom stereocenters. The maximum absolute atomic E-state index is 12.6. The minimum atomic E-state index is -0.614. The average molecular weight is 491 g/mol. The summed E-state index contributed by atoms with van der Waals surface area (Å²) in [5.74, 6) is 0.596. The highest BCUT2D eigenvalue weighted by Crippen LogP contribution is 2.18. The Labute approximate surface area is 177 Å². The molecule has 1 aliphatic rings. The zero-order chi connectivity index (χ0) is 19.3. The number of halogens is 1. The first-order valence-electron chi connectivity index (χ1n) is 8.83. The van der Waals surface area contributed by atoms with E-state index >= 15 is 0 Å². The molecule has 0 saturated carbocycles. The molecule has 9 nitrogen and oxygen atoms in total. The van der Waals surface area contributed by atoms with Gasteiger partial charge in [0.1, 0.15) is 6.54 Å². The Bertz CT molecular complexity index is 687. The van der Waals surface area contributed by atoms with Gasteiger partial charge in [-0.05, 0) is 20.8 Å². The third-order valence-electron chi connectivity index (χ3n) is 4.32. The number of amides is 2. The molecule has 0 aromatic carbocycles. The molecular formula is C17H30IN7O2. The van der Waals surface area contributed by atoms with E-state index in [1.807, 2.05) is 38.9 Å². The Balaban J connectivity index is 0.00000364. The van der Waals surface area contributed by atoms with E-state index in [2.05, 4.69) is 20.7 Å². The SMILES string of the molecule is CCNC(=NCC(C)(C)C(=O)NC)N1CCN(c2cnn(C)c2)C(=O)C1.I. The van der Waals surface area contributed by atoms with Gasteiger partial charge in [0.15, 0.2) is 5.96 Å². The second-order valence-corrected chi connectivity index (χ2v) is 6.97. The van der Waals surface area contributed by atoms with Gasteiger partial charge in [-0.3, -0.25) is 19.3 Å². The molecule has 0 radical (unpaired) electrons. The van der Waals surface area contributed by atoms with Crippen LogP contribution in [-0.4, -0.2) is 72.2 Å². The lowest BCUT2D eigenvalue weighted by molar-refractivity contribution is -0.128. The van der Waals surface area contributed by atoms with Crippen LogP contribution in [0.2, 0.25) is 0 Å². The van der Waals surface area contributed by atoms with Gasteiger partial charge in [-0.25, -0.2) is 0 Å². The molecule has 0 bridgehead atoms. The zero-order valence-electron chi connectivity index (χ0n) is 16.7. The number of piperazine rings is 1. The fourth-order valence-electron chi connectivity index (χ4n) is 2.78. The lowest BCUT2D eigenvalue weighted by Crippen LogP contribution is -2.55. The quantitative estimate of drug-likeness (QED) is 0.354. The highest BCUT2D eigenvalue weighted by Gasteiger charge is 2.30. The number of nitrogens with zero attached hydrogens (tertiary/aromatic N) is 5. The van der Waals surface area contributed by atoms with Crippen LogP contribution < -0.4 is 15.5 Å². The van der Waals surface area contributed by atoms with Gasteiger partial charge in [0, 0.05) is 39.9 Å². The van der Waals surface area contributed by atoms with Crippen LogP contribution in [0.1, 0.15) is 20.8 Å². The molecule has 0 aliphatic carbocycles. The van der Waals surface area contributed by atoms with Crippen molar-refractivity contribution in [1.82, 2.24) is 25.3 Å². The summed E-state index contributed by atoms with van der Waals surface area (Å²) in [5, 5.41) is 10.0. The number of anilines is 1. The summed E-state index contributed by atoms with van der Waals surface area (Å²) in [6.45, 7) is 8.17. The highest BCUT2D eigenvalue weighted by molar-refractivity contribution is 14.0. The third kappa shape index (κ3) is 5.81. The molecule has 1 saturated heterocycles. The van der Waals surface area contributed by atoms with Gasteiger partial charge in [-0.2, -0.15) is 5.10 Å². The Morgan fingerprint density at radius 3 is 2.59 bits per heavy atom. The molecule has 27 heavy (non-hydrogen) atoms. The van der Waals surface area contributed by atoms with Crippen molar-refractivity contribution >= 4 is 47.4 Å². The molecule has 0 spiro atoms. The first kappa shape index (κ1) is 23.2. The van der Waals surface area contributed by atoms with E-state index in [9.17, 15) is 9.59 Å². The lowest BCUT2D eigenvalue weighted by atomic mass is 9.93. The summed E-state index contributed by atoms with van der Waals surface area (Å²) in [5.41, 5.74) is 0.191. The van der Waals surface area contributed by atoms with Crippen molar-refractivity contribution in [3.8, 4) is 0 Å². The van der Waals surface area contributed by atoms with Crippen molar-refractivity contribution in [2.45, 2.75) is 20.8 Å². The van der Waals surface area contributed by atoms with Crippen molar-refractivity contribution in [3.63, 3.8) is 0 Å². The Morgan fingerprint density at radius 2 is 2.07 bits per heavy atom. The summed E-state index contributed by atoms with van der Waals surface area (Å²) < 4.78 is 1.68. The largest absolute Gasteiger partial charge is 0.359 e. The van der Waals surface area contributed by atoms with Crippen LogP contribution in [0.25, 0.3) is 0 Å². The number of aryl methyl sites for hydroxylation is 1. The van der Waals surface area contributed by atoms with Gasteiger partial charge in [0.25, 0.3) is 0 Å². The van der Waals surface area contributed by atoms with E-state index in [-0.39, 0.29) is 42.3 Å². The molecule has 1 fully saturated rings. The van der Waals surface area contributed by atoms with Crippen LogP contribution in [-0.2, 0) is 16.6 Å². The Hall–Kier alpha value is -1.85. The van der Waals surface area contributed by atoms with Crippen LogP contribution in [0.15, 0.2) is 17.4 Å². The molecule has 2 N–H and O–H groups in total. The van der Waals surface area contributed by atoms with Gasteiger partial charge in [-0.1, -0.05) is 0 Å². The maximum Gasteiger partial charge on any atom is 0.246 e. The lowest BCUT2D eigenvalue weighted by Gasteiger charge is -2.35. The summed E-state index contributed by atoms with van der Waals surface area (Å²) in [6, 6.07) is 0. The molecule has 0 unspecified atom stereocenters. The molecule has 2 amide bonds. The molecule has 152 valence electrons. The monoisotopic (exact) mass is 491 g/mol. The third-order valence-corrected chi connectivity index (χ3v) is 4.32. The highest BCUT2D eigenvalue weighted by atomic mass is 127. The van der Waals surface area contributed by atoms with Crippen molar-refractivity contribution in [3.05, 3.63) is 12.4 Å². The smallest absolute Gasteiger partial charge is 0.246 e. The van der Waals surface area contributed by atoms with Crippen LogP contribution >= 0.6 is 24.0 Å². The molecule has 10 heteroatoms. The van der Waals surface area contributed by atoms with Crippen LogP contribution in [0.4, 0.5) is 5.69 Å². The molecular weight excluding hydrogens is 461 g/mol. The number of aromatic nitrogens is 2. The average Bonchev–Trinajstić information content (AvgIpc) is 3.03. The summed E-state index contributed by atoms with van der Waals surface area (Å²) >= 11 is 0. The summed E-state index contributed by atoms with van der Waals surface area (Å²) in [6.07, 6.45) is 3.53. The van der Waals surface area contributed by atoms with Gasteiger partial charge >= 0.3 is 0 Å². The standard InChI is InChI=1S/C17H29N7O2.HI/c1-6-19-16(20-12-17(2,3)15(26)18-4)23-7-8-24(14(25)11-23)13-9-21-22(5)10-13;/h9-10H,6-8,11-12H2,1-5H3,(H,18,26)(H,19,20);1H. The second-order valence-electron chi connectivity index (χ2n) is 6.97. The fraction of sp³-hybridized carbons (Fsp3) is 0.647. The van der Waals surface area contributed by atoms with Crippen LogP contribution in [0.3, 0.4) is 0 Å².